The molecule has 13 heavy (non-hydrogen) atoms. The molecule has 1 aromatic heterocycles. The van der Waals surface area contributed by atoms with Gasteiger partial charge in [0.15, 0.2) is 0 Å². The van der Waals surface area contributed by atoms with Gasteiger partial charge in [0.2, 0.25) is 0 Å². The zero-order chi connectivity index (χ0) is 9.26. The summed E-state index contributed by atoms with van der Waals surface area (Å²) in [6.07, 6.45) is 6.49. The number of likely N-dealkylation sites (tertiary alicyclic amines) is 1. The molecular weight excluding hydrogens is 162 g/mol. The number of rotatable bonds is 2. The average molecular weight is 179 g/mol. The van der Waals surface area contributed by atoms with Crippen LogP contribution < -0.4 is 0 Å². The van der Waals surface area contributed by atoms with Gasteiger partial charge in [0.05, 0.1) is 6.04 Å². The number of imidazole rings is 1. The smallest absolute Gasteiger partial charge is 0.125 e. The van der Waals surface area contributed by atoms with Crippen LogP contribution in [0.2, 0.25) is 0 Å². The predicted octanol–water partition coefficient (Wildman–Crippen LogP) is 1.58. The van der Waals surface area contributed by atoms with E-state index in [-0.39, 0.29) is 0 Å². The maximum absolute atomic E-state index is 4.42. The number of hydrogen-bond acceptors (Lipinski definition) is 2. The lowest BCUT2D eigenvalue weighted by atomic mass is 10.2. The van der Waals surface area contributed by atoms with Crippen molar-refractivity contribution in [2.75, 3.05) is 13.1 Å². The Labute approximate surface area is 79.4 Å². The van der Waals surface area contributed by atoms with Crippen LogP contribution in [0.1, 0.15) is 31.6 Å². The zero-order valence-electron chi connectivity index (χ0n) is 8.40. The van der Waals surface area contributed by atoms with Gasteiger partial charge in [-0.15, -0.1) is 0 Å². The molecule has 0 radical (unpaired) electrons. The first kappa shape index (κ1) is 8.75. The van der Waals surface area contributed by atoms with Crippen molar-refractivity contribution in [3.63, 3.8) is 0 Å². The Morgan fingerprint density at radius 1 is 1.62 bits per heavy atom. The highest BCUT2D eigenvalue weighted by Gasteiger charge is 2.26. The molecule has 2 rings (SSSR count). The molecule has 1 saturated heterocycles. The average Bonchev–Trinajstić information content (AvgIpc) is 2.71. The van der Waals surface area contributed by atoms with Crippen molar-refractivity contribution in [1.29, 1.82) is 0 Å². The quantitative estimate of drug-likeness (QED) is 0.687. The lowest BCUT2D eigenvalue weighted by Crippen LogP contribution is -2.24. The van der Waals surface area contributed by atoms with Crippen LogP contribution in [0.4, 0.5) is 0 Å². The number of nitrogens with zero attached hydrogens (tertiary/aromatic N) is 3. The Morgan fingerprint density at radius 2 is 2.46 bits per heavy atom. The Balaban J connectivity index is 2.20. The molecule has 1 fully saturated rings. The fraction of sp³-hybridized carbons (Fsp3) is 0.700. The van der Waals surface area contributed by atoms with Crippen molar-refractivity contribution in [1.82, 2.24) is 14.5 Å². The van der Waals surface area contributed by atoms with E-state index in [1.807, 2.05) is 12.4 Å². The minimum atomic E-state index is 0.560. The van der Waals surface area contributed by atoms with E-state index in [0.29, 0.717) is 6.04 Å². The fourth-order valence-electron chi connectivity index (χ4n) is 2.20. The second-order valence-electron chi connectivity index (χ2n) is 3.68. The Kier molecular flexibility index (Phi) is 2.36. The summed E-state index contributed by atoms with van der Waals surface area (Å²) in [4.78, 5) is 6.92. The largest absolute Gasteiger partial charge is 0.337 e. The third-order valence-corrected chi connectivity index (χ3v) is 2.93. The van der Waals surface area contributed by atoms with Gasteiger partial charge in [0.25, 0.3) is 0 Å². The normalized spacial score (nSPS) is 24.0. The van der Waals surface area contributed by atoms with Gasteiger partial charge in [0.1, 0.15) is 5.82 Å². The van der Waals surface area contributed by atoms with Crippen LogP contribution >= 0.6 is 0 Å². The highest BCUT2D eigenvalue weighted by molar-refractivity contribution is 5.01. The number of aryl methyl sites for hydroxylation is 1. The summed E-state index contributed by atoms with van der Waals surface area (Å²) >= 11 is 0. The number of aromatic nitrogens is 2. The van der Waals surface area contributed by atoms with Crippen LogP contribution in [0, 0.1) is 0 Å². The lowest BCUT2D eigenvalue weighted by Gasteiger charge is -2.21. The molecule has 72 valence electrons. The van der Waals surface area contributed by atoms with Crippen molar-refractivity contribution < 1.29 is 0 Å². The molecule has 3 heteroatoms. The van der Waals surface area contributed by atoms with Crippen LogP contribution in [0.5, 0.6) is 0 Å². The SMILES string of the molecule is CCN1CCCC1c1nccn1C. The molecule has 1 aromatic rings. The third-order valence-electron chi connectivity index (χ3n) is 2.93. The van der Waals surface area contributed by atoms with Gasteiger partial charge in [-0.1, -0.05) is 6.92 Å². The molecule has 0 bridgehead atoms. The molecule has 1 aliphatic heterocycles. The number of hydrogen-bond donors (Lipinski definition) is 0. The molecule has 0 saturated carbocycles. The van der Waals surface area contributed by atoms with Gasteiger partial charge in [-0.25, -0.2) is 4.98 Å². The second-order valence-corrected chi connectivity index (χ2v) is 3.68. The van der Waals surface area contributed by atoms with E-state index in [4.69, 9.17) is 0 Å². The maximum Gasteiger partial charge on any atom is 0.125 e. The van der Waals surface area contributed by atoms with Crippen molar-refractivity contribution in [3.05, 3.63) is 18.2 Å². The van der Waals surface area contributed by atoms with Crippen LogP contribution in [-0.2, 0) is 7.05 Å². The van der Waals surface area contributed by atoms with Gasteiger partial charge >= 0.3 is 0 Å². The fourth-order valence-corrected chi connectivity index (χ4v) is 2.20. The highest BCUT2D eigenvalue weighted by atomic mass is 15.2. The highest BCUT2D eigenvalue weighted by Crippen LogP contribution is 2.29. The molecule has 1 unspecified atom stereocenters. The summed E-state index contributed by atoms with van der Waals surface area (Å²) < 4.78 is 2.14. The molecule has 1 aliphatic rings. The maximum atomic E-state index is 4.42. The van der Waals surface area contributed by atoms with E-state index in [9.17, 15) is 0 Å². The van der Waals surface area contributed by atoms with E-state index < -0.39 is 0 Å². The van der Waals surface area contributed by atoms with Crippen LogP contribution in [-0.4, -0.2) is 27.5 Å². The van der Waals surface area contributed by atoms with Crippen molar-refractivity contribution >= 4 is 0 Å². The minimum absolute atomic E-state index is 0.560. The molecule has 0 aromatic carbocycles. The summed E-state index contributed by atoms with van der Waals surface area (Å²) in [7, 11) is 2.08. The van der Waals surface area contributed by atoms with Gasteiger partial charge in [-0.05, 0) is 25.9 Å². The zero-order valence-corrected chi connectivity index (χ0v) is 8.40. The molecule has 2 heterocycles. The first-order valence-electron chi connectivity index (χ1n) is 5.04. The van der Waals surface area contributed by atoms with Gasteiger partial charge in [-0.3, -0.25) is 4.90 Å². The van der Waals surface area contributed by atoms with Crippen molar-refractivity contribution in [2.24, 2.45) is 7.05 Å². The molecule has 0 spiro atoms. The monoisotopic (exact) mass is 179 g/mol. The van der Waals surface area contributed by atoms with E-state index in [1.165, 1.54) is 25.2 Å². The van der Waals surface area contributed by atoms with E-state index in [2.05, 4.69) is 28.4 Å². The van der Waals surface area contributed by atoms with Crippen LogP contribution in [0.3, 0.4) is 0 Å². The van der Waals surface area contributed by atoms with Crippen molar-refractivity contribution in [2.45, 2.75) is 25.8 Å². The molecule has 0 N–H and O–H groups in total. The van der Waals surface area contributed by atoms with Crippen LogP contribution in [0.15, 0.2) is 12.4 Å². The van der Waals surface area contributed by atoms with Crippen LogP contribution in [0.25, 0.3) is 0 Å². The Bertz CT molecular complexity index is 279. The van der Waals surface area contributed by atoms with Gasteiger partial charge in [0, 0.05) is 19.4 Å². The second kappa shape index (κ2) is 3.50. The third kappa shape index (κ3) is 1.48. The summed E-state index contributed by atoms with van der Waals surface area (Å²) in [5, 5.41) is 0. The van der Waals surface area contributed by atoms with E-state index >= 15 is 0 Å². The van der Waals surface area contributed by atoms with Gasteiger partial charge in [-0.2, -0.15) is 0 Å². The molecule has 0 aliphatic carbocycles. The molecule has 0 amide bonds. The molecule has 3 nitrogen and oxygen atoms in total. The van der Waals surface area contributed by atoms with Gasteiger partial charge < -0.3 is 4.57 Å². The van der Waals surface area contributed by atoms with E-state index in [0.717, 1.165) is 6.54 Å². The van der Waals surface area contributed by atoms with E-state index in [1.54, 1.807) is 0 Å². The lowest BCUT2D eigenvalue weighted by molar-refractivity contribution is 0.258. The van der Waals surface area contributed by atoms with Crippen molar-refractivity contribution in [3.8, 4) is 0 Å². The predicted molar refractivity (Wildman–Crippen MR) is 52.4 cm³/mol. The molecular formula is C10H17N3. The molecule has 1 atom stereocenters. The Morgan fingerprint density at radius 3 is 3.08 bits per heavy atom. The Hall–Kier alpha value is -0.830. The summed E-state index contributed by atoms with van der Waals surface area (Å²) in [5.41, 5.74) is 0. The minimum Gasteiger partial charge on any atom is -0.337 e. The summed E-state index contributed by atoms with van der Waals surface area (Å²) in [6, 6.07) is 0.560. The summed E-state index contributed by atoms with van der Waals surface area (Å²) in [5.74, 6) is 1.22. The summed E-state index contributed by atoms with van der Waals surface area (Å²) in [6.45, 7) is 4.59. The standard InChI is InChI=1S/C10H17N3/c1-3-13-7-4-5-9(13)10-11-6-8-12(10)2/h6,8-9H,3-5,7H2,1-2H3. The topological polar surface area (TPSA) is 21.1 Å². The first-order chi connectivity index (χ1) is 6.33. The first-order valence-corrected chi connectivity index (χ1v) is 5.04.